The van der Waals surface area contributed by atoms with Gasteiger partial charge in [0.05, 0.1) is 5.41 Å². The van der Waals surface area contributed by atoms with Crippen molar-refractivity contribution in [2.45, 2.75) is 33.6 Å². The molecular formula is C9H14O3. The third-order valence-electron chi connectivity index (χ3n) is 3.40. The van der Waals surface area contributed by atoms with E-state index in [2.05, 4.69) is 0 Å². The van der Waals surface area contributed by atoms with E-state index in [9.17, 15) is 9.59 Å². The van der Waals surface area contributed by atoms with Crippen LogP contribution < -0.4 is 0 Å². The highest BCUT2D eigenvalue weighted by Gasteiger charge is 2.55. The van der Waals surface area contributed by atoms with Gasteiger partial charge in [0.25, 0.3) is 0 Å². The number of ketones is 1. The molecule has 0 aromatic heterocycles. The Morgan fingerprint density at radius 1 is 1.42 bits per heavy atom. The van der Waals surface area contributed by atoms with Gasteiger partial charge in [-0.3, -0.25) is 9.59 Å². The molecule has 0 aromatic rings. The second-order valence-electron chi connectivity index (χ2n) is 4.19. The molecule has 1 saturated carbocycles. The predicted molar refractivity (Wildman–Crippen MR) is 43.8 cm³/mol. The molecule has 1 atom stereocenters. The normalized spacial score (nSPS) is 33.8. The number of aliphatic carboxylic acids is 1. The van der Waals surface area contributed by atoms with E-state index in [1.54, 1.807) is 20.8 Å². The van der Waals surface area contributed by atoms with Crippen LogP contribution in [0.15, 0.2) is 0 Å². The van der Waals surface area contributed by atoms with Crippen molar-refractivity contribution in [2.24, 2.45) is 10.8 Å². The van der Waals surface area contributed by atoms with Crippen LogP contribution in [0.2, 0.25) is 0 Å². The topological polar surface area (TPSA) is 54.4 Å². The summed E-state index contributed by atoms with van der Waals surface area (Å²) in [5.74, 6) is -0.800. The van der Waals surface area contributed by atoms with E-state index in [1.165, 1.54) is 0 Å². The molecule has 0 radical (unpaired) electrons. The van der Waals surface area contributed by atoms with Crippen LogP contribution in [0.1, 0.15) is 33.6 Å². The minimum Gasteiger partial charge on any atom is -0.481 e. The van der Waals surface area contributed by atoms with E-state index in [4.69, 9.17) is 5.11 Å². The van der Waals surface area contributed by atoms with Gasteiger partial charge in [-0.15, -0.1) is 0 Å². The lowest BCUT2D eigenvalue weighted by atomic mass is 9.69. The van der Waals surface area contributed by atoms with Crippen molar-refractivity contribution in [3.8, 4) is 0 Å². The maximum Gasteiger partial charge on any atom is 0.310 e. The molecule has 1 fully saturated rings. The fourth-order valence-electron chi connectivity index (χ4n) is 1.67. The molecule has 0 saturated heterocycles. The fourth-order valence-corrected chi connectivity index (χ4v) is 1.67. The Hall–Kier alpha value is -0.860. The van der Waals surface area contributed by atoms with E-state index < -0.39 is 16.8 Å². The van der Waals surface area contributed by atoms with Gasteiger partial charge >= 0.3 is 5.97 Å². The standard InChI is InChI=1S/C9H14O3/c1-8(2)6(10)4-5-9(8,3)7(11)12/h4-5H2,1-3H3,(H,11,12). The Bertz CT molecular complexity index is 242. The van der Waals surface area contributed by atoms with Crippen LogP contribution in [0.3, 0.4) is 0 Å². The molecule has 1 N–H and O–H groups in total. The average molecular weight is 170 g/mol. The maximum atomic E-state index is 11.4. The summed E-state index contributed by atoms with van der Waals surface area (Å²) < 4.78 is 0. The molecule has 0 heterocycles. The van der Waals surface area contributed by atoms with Crippen molar-refractivity contribution in [1.29, 1.82) is 0 Å². The van der Waals surface area contributed by atoms with E-state index in [-0.39, 0.29) is 5.78 Å². The van der Waals surface area contributed by atoms with Crippen molar-refractivity contribution in [1.82, 2.24) is 0 Å². The zero-order valence-corrected chi connectivity index (χ0v) is 7.68. The van der Waals surface area contributed by atoms with Gasteiger partial charge in [0.1, 0.15) is 5.78 Å². The third-order valence-corrected chi connectivity index (χ3v) is 3.40. The Labute approximate surface area is 71.8 Å². The molecule has 1 unspecified atom stereocenters. The summed E-state index contributed by atoms with van der Waals surface area (Å²) >= 11 is 0. The Morgan fingerprint density at radius 2 is 1.92 bits per heavy atom. The molecule has 1 aliphatic rings. The summed E-state index contributed by atoms with van der Waals surface area (Å²) in [6.07, 6.45) is 0.865. The first-order chi connectivity index (χ1) is 5.32. The lowest BCUT2D eigenvalue weighted by Crippen LogP contribution is -2.40. The first-order valence-electron chi connectivity index (χ1n) is 4.09. The highest BCUT2D eigenvalue weighted by molar-refractivity contribution is 5.94. The molecule has 0 aromatic carbocycles. The quantitative estimate of drug-likeness (QED) is 0.648. The summed E-state index contributed by atoms with van der Waals surface area (Å²) in [6, 6.07) is 0. The SMILES string of the molecule is CC1(C)C(=O)CCC1(C)C(=O)O. The minimum absolute atomic E-state index is 0.0624. The van der Waals surface area contributed by atoms with Crippen LogP contribution in [-0.4, -0.2) is 16.9 Å². The van der Waals surface area contributed by atoms with Crippen LogP contribution in [0.5, 0.6) is 0 Å². The second-order valence-corrected chi connectivity index (χ2v) is 4.19. The summed E-state index contributed by atoms with van der Waals surface area (Å²) in [5.41, 5.74) is -1.58. The molecule has 68 valence electrons. The molecule has 12 heavy (non-hydrogen) atoms. The summed E-state index contributed by atoms with van der Waals surface area (Å²) in [6.45, 7) is 5.09. The largest absolute Gasteiger partial charge is 0.481 e. The van der Waals surface area contributed by atoms with E-state index in [1.807, 2.05) is 0 Å². The molecule has 0 amide bonds. The number of carboxylic acid groups (broad SMARTS) is 1. The minimum atomic E-state index is -0.871. The van der Waals surface area contributed by atoms with Crippen molar-refractivity contribution >= 4 is 11.8 Å². The first kappa shape index (κ1) is 9.23. The van der Waals surface area contributed by atoms with Gasteiger partial charge in [0.2, 0.25) is 0 Å². The molecule has 0 spiro atoms. The fraction of sp³-hybridized carbons (Fsp3) is 0.778. The van der Waals surface area contributed by atoms with Crippen LogP contribution in [0, 0.1) is 10.8 Å². The summed E-state index contributed by atoms with van der Waals surface area (Å²) in [7, 11) is 0. The van der Waals surface area contributed by atoms with Gasteiger partial charge < -0.3 is 5.11 Å². The van der Waals surface area contributed by atoms with Crippen molar-refractivity contribution in [3.05, 3.63) is 0 Å². The molecule has 1 aliphatic carbocycles. The number of hydrogen-bond acceptors (Lipinski definition) is 2. The number of rotatable bonds is 1. The maximum absolute atomic E-state index is 11.4. The van der Waals surface area contributed by atoms with E-state index in [0.29, 0.717) is 12.8 Å². The molecule has 0 aliphatic heterocycles. The third kappa shape index (κ3) is 0.886. The highest BCUT2D eigenvalue weighted by Crippen LogP contribution is 2.50. The van der Waals surface area contributed by atoms with Gasteiger partial charge in [-0.05, 0) is 13.3 Å². The predicted octanol–water partition coefficient (Wildman–Crippen LogP) is 1.47. The van der Waals surface area contributed by atoms with Gasteiger partial charge in [0.15, 0.2) is 0 Å². The number of carboxylic acids is 1. The average Bonchev–Trinajstić information content (AvgIpc) is 2.15. The number of hydrogen-bond donors (Lipinski definition) is 1. The van der Waals surface area contributed by atoms with E-state index in [0.717, 1.165) is 0 Å². The van der Waals surface area contributed by atoms with Gasteiger partial charge in [-0.25, -0.2) is 0 Å². The number of carbonyl (C=O) groups excluding carboxylic acids is 1. The Kier molecular flexibility index (Phi) is 1.78. The Balaban J connectivity index is 3.10. The molecule has 1 rings (SSSR count). The van der Waals surface area contributed by atoms with Crippen LogP contribution in [0.4, 0.5) is 0 Å². The number of carbonyl (C=O) groups is 2. The lowest BCUT2D eigenvalue weighted by Gasteiger charge is -2.32. The summed E-state index contributed by atoms with van der Waals surface area (Å²) in [4.78, 5) is 22.3. The van der Waals surface area contributed by atoms with Crippen molar-refractivity contribution in [2.75, 3.05) is 0 Å². The van der Waals surface area contributed by atoms with Crippen molar-refractivity contribution < 1.29 is 14.7 Å². The molecule has 0 bridgehead atoms. The zero-order chi connectivity index (χ0) is 9.57. The van der Waals surface area contributed by atoms with Crippen LogP contribution in [0.25, 0.3) is 0 Å². The molecular weight excluding hydrogens is 156 g/mol. The van der Waals surface area contributed by atoms with Gasteiger partial charge in [0, 0.05) is 11.8 Å². The Morgan fingerprint density at radius 3 is 2.08 bits per heavy atom. The van der Waals surface area contributed by atoms with Crippen molar-refractivity contribution in [3.63, 3.8) is 0 Å². The first-order valence-corrected chi connectivity index (χ1v) is 4.09. The molecule has 3 heteroatoms. The van der Waals surface area contributed by atoms with Crippen LogP contribution >= 0.6 is 0 Å². The zero-order valence-electron chi connectivity index (χ0n) is 7.68. The van der Waals surface area contributed by atoms with Gasteiger partial charge in [-0.1, -0.05) is 13.8 Å². The smallest absolute Gasteiger partial charge is 0.310 e. The molecule has 3 nitrogen and oxygen atoms in total. The lowest BCUT2D eigenvalue weighted by molar-refractivity contribution is -0.155. The number of Topliss-reactive ketones (excluding diaryl/α,β-unsaturated/α-hetero) is 1. The van der Waals surface area contributed by atoms with E-state index >= 15 is 0 Å². The van der Waals surface area contributed by atoms with Crippen LogP contribution in [-0.2, 0) is 9.59 Å². The van der Waals surface area contributed by atoms with Gasteiger partial charge in [-0.2, -0.15) is 0 Å². The summed E-state index contributed by atoms with van der Waals surface area (Å²) in [5, 5.41) is 8.97. The monoisotopic (exact) mass is 170 g/mol. The second kappa shape index (κ2) is 2.31. The highest BCUT2D eigenvalue weighted by atomic mass is 16.4.